The third-order valence-corrected chi connectivity index (χ3v) is 6.31. The lowest BCUT2D eigenvalue weighted by atomic mass is 9.78. The fraction of sp³-hybridized carbons (Fsp3) is 0.478. The van der Waals surface area contributed by atoms with Gasteiger partial charge in [-0.2, -0.15) is 0 Å². The van der Waals surface area contributed by atoms with E-state index in [9.17, 15) is 0 Å². The molecule has 0 bridgehead atoms. The first kappa shape index (κ1) is 19.2. The smallest absolute Gasteiger partial charge is 0.162 e. The molecule has 1 spiro atoms. The van der Waals surface area contributed by atoms with Crippen molar-refractivity contribution in [3.8, 4) is 17.1 Å². The highest BCUT2D eigenvalue weighted by Gasteiger charge is 2.38. The van der Waals surface area contributed by atoms with E-state index in [2.05, 4.69) is 20.2 Å². The minimum atomic E-state index is 0.0549. The van der Waals surface area contributed by atoms with Crippen LogP contribution in [0.3, 0.4) is 0 Å². The maximum absolute atomic E-state index is 6.11. The lowest BCUT2D eigenvalue weighted by Gasteiger charge is -2.39. The fourth-order valence-corrected chi connectivity index (χ4v) is 4.65. The molecule has 0 aliphatic carbocycles. The SMILES string of the molecule is CC(C)Oc1cncc2nc(-c3ccncc3)nc(N3CCC4(CCNC4)CC3)c12. The number of hydrogen-bond acceptors (Lipinski definition) is 7. The summed E-state index contributed by atoms with van der Waals surface area (Å²) in [5.74, 6) is 2.40. The first-order valence-corrected chi connectivity index (χ1v) is 10.8. The van der Waals surface area contributed by atoms with Gasteiger partial charge in [0.1, 0.15) is 5.82 Å². The van der Waals surface area contributed by atoms with E-state index >= 15 is 0 Å². The normalized spacial score (nSPS) is 18.4. The van der Waals surface area contributed by atoms with Crippen LogP contribution in [-0.4, -0.2) is 52.2 Å². The molecular formula is C23H28N6O. The van der Waals surface area contributed by atoms with E-state index in [1.165, 1.54) is 19.3 Å². The number of nitrogens with zero attached hydrogens (tertiary/aromatic N) is 5. The summed E-state index contributed by atoms with van der Waals surface area (Å²) in [4.78, 5) is 20.8. The van der Waals surface area contributed by atoms with Crippen LogP contribution in [0.25, 0.3) is 22.3 Å². The van der Waals surface area contributed by atoms with Crippen molar-refractivity contribution in [2.24, 2.45) is 5.41 Å². The molecule has 0 atom stereocenters. The molecule has 3 aromatic rings. The molecule has 2 aliphatic rings. The van der Waals surface area contributed by atoms with Crippen LogP contribution in [0.2, 0.25) is 0 Å². The van der Waals surface area contributed by atoms with Gasteiger partial charge in [0.05, 0.1) is 29.4 Å². The quantitative estimate of drug-likeness (QED) is 0.714. The Morgan fingerprint density at radius 1 is 1.03 bits per heavy atom. The van der Waals surface area contributed by atoms with E-state index < -0.39 is 0 Å². The lowest BCUT2D eigenvalue weighted by Crippen LogP contribution is -2.41. The zero-order valence-electron chi connectivity index (χ0n) is 17.6. The highest BCUT2D eigenvalue weighted by atomic mass is 16.5. The molecule has 1 N–H and O–H groups in total. The Labute approximate surface area is 176 Å². The summed E-state index contributed by atoms with van der Waals surface area (Å²) in [6, 6.07) is 3.89. The second-order valence-electron chi connectivity index (χ2n) is 8.72. The van der Waals surface area contributed by atoms with E-state index in [1.54, 1.807) is 18.6 Å². The standard InChI is InChI=1S/C23H28N6O/c1-16(2)30-19-14-26-13-18-20(19)22(28-21(27-18)17-3-8-24-9-4-17)29-11-6-23(7-12-29)5-10-25-15-23/h3-4,8-9,13-14,16,25H,5-7,10-12,15H2,1-2H3. The van der Waals surface area contributed by atoms with Gasteiger partial charge >= 0.3 is 0 Å². The number of nitrogens with one attached hydrogen (secondary N) is 1. The Kier molecular flexibility index (Phi) is 4.98. The Hall–Kier alpha value is -2.80. The van der Waals surface area contributed by atoms with Gasteiger partial charge < -0.3 is 15.0 Å². The number of pyridine rings is 2. The number of fused-ring (bicyclic) bond motifs is 1. The molecule has 30 heavy (non-hydrogen) atoms. The first-order valence-electron chi connectivity index (χ1n) is 10.8. The van der Waals surface area contributed by atoms with E-state index in [1.807, 2.05) is 32.2 Å². The molecule has 0 radical (unpaired) electrons. The minimum Gasteiger partial charge on any atom is -0.489 e. The number of hydrogen-bond donors (Lipinski definition) is 1. The molecule has 0 aromatic carbocycles. The van der Waals surface area contributed by atoms with Crippen LogP contribution in [0.4, 0.5) is 5.82 Å². The van der Waals surface area contributed by atoms with Gasteiger partial charge in [0, 0.05) is 37.6 Å². The molecule has 2 fully saturated rings. The van der Waals surface area contributed by atoms with Crippen molar-refractivity contribution in [2.45, 2.75) is 39.2 Å². The average Bonchev–Trinajstić information content (AvgIpc) is 3.22. The van der Waals surface area contributed by atoms with Crippen molar-refractivity contribution in [1.82, 2.24) is 25.3 Å². The Bertz CT molecular complexity index is 1020. The van der Waals surface area contributed by atoms with Crippen molar-refractivity contribution >= 4 is 16.7 Å². The maximum atomic E-state index is 6.11. The molecule has 2 aliphatic heterocycles. The highest BCUT2D eigenvalue weighted by molar-refractivity contribution is 5.95. The number of piperidine rings is 1. The molecular weight excluding hydrogens is 376 g/mol. The topological polar surface area (TPSA) is 76.1 Å². The molecule has 5 rings (SSSR count). The highest BCUT2D eigenvalue weighted by Crippen LogP contribution is 2.41. The zero-order chi connectivity index (χ0) is 20.6. The maximum Gasteiger partial charge on any atom is 0.162 e. The van der Waals surface area contributed by atoms with Crippen molar-refractivity contribution in [2.75, 3.05) is 31.1 Å². The summed E-state index contributed by atoms with van der Waals surface area (Å²) in [5, 5.41) is 4.51. The number of ether oxygens (including phenoxy) is 1. The number of rotatable bonds is 4. The molecule has 0 unspecified atom stereocenters. The summed E-state index contributed by atoms with van der Waals surface area (Å²) < 4.78 is 6.11. The fourth-order valence-electron chi connectivity index (χ4n) is 4.65. The van der Waals surface area contributed by atoms with Crippen molar-refractivity contribution in [3.63, 3.8) is 0 Å². The molecule has 7 heteroatoms. The summed E-state index contributed by atoms with van der Waals surface area (Å²) in [6.45, 7) is 8.32. The number of anilines is 1. The van der Waals surface area contributed by atoms with Crippen molar-refractivity contribution in [3.05, 3.63) is 36.9 Å². The molecule has 3 aromatic heterocycles. The second kappa shape index (κ2) is 7.80. The van der Waals surface area contributed by atoms with Gasteiger partial charge in [-0.3, -0.25) is 9.97 Å². The second-order valence-corrected chi connectivity index (χ2v) is 8.72. The van der Waals surface area contributed by atoms with Crippen LogP contribution in [0, 0.1) is 5.41 Å². The zero-order valence-corrected chi connectivity index (χ0v) is 17.6. The largest absolute Gasteiger partial charge is 0.489 e. The molecule has 5 heterocycles. The van der Waals surface area contributed by atoms with Crippen LogP contribution < -0.4 is 15.0 Å². The van der Waals surface area contributed by atoms with Gasteiger partial charge in [0.15, 0.2) is 11.6 Å². The predicted octanol–water partition coefficient (Wildman–Crippen LogP) is 3.45. The summed E-state index contributed by atoms with van der Waals surface area (Å²) in [7, 11) is 0. The summed E-state index contributed by atoms with van der Waals surface area (Å²) in [5.41, 5.74) is 2.22. The van der Waals surface area contributed by atoms with Crippen LogP contribution in [0.5, 0.6) is 5.75 Å². The summed E-state index contributed by atoms with van der Waals surface area (Å²) in [6.07, 6.45) is 10.8. The Morgan fingerprint density at radius 2 is 1.83 bits per heavy atom. The Balaban J connectivity index is 1.60. The predicted molar refractivity (Wildman–Crippen MR) is 118 cm³/mol. The van der Waals surface area contributed by atoms with E-state index in [-0.39, 0.29) is 6.10 Å². The van der Waals surface area contributed by atoms with Gasteiger partial charge in [-0.1, -0.05) is 0 Å². The van der Waals surface area contributed by atoms with Gasteiger partial charge in [-0.05, 0) is 57.2 Å². The summed E-state index contributed by atoms with van der Waals surface area (Å²) >= 11 is 0. The average molecular weight is 405 g/mol. The lowest BCUT2D eigenvalue weighted by molar-refractivity contribution is 0.243. The van der Waals surface area contributed by atoms with Gasteiger partial charge in [-0.25, -0.2) is 9.97 Å². The molecule has 2 saturated heterocycles. The molecule has 156 valence electrons. The number of aromatic nitrogens is 4. The van der Waals surface area contributed by atoms with Gasteiger partial charge in [0.2, 0.25) is 0 Å². The van der Waals surface area contributed by atoms with Gasteiger partial charge in [0.25, 0.3) is 0 Å². The molecule has 0 saturated carbocycles. The van der Waals surface area contributed by atoms with Crippen LogP contribution in [0.15, 0.2) is 36.9 Å². The van der Waals surface area contributed by atoms with E-state index in [4.69, 9.17) is 14.7 Å². The van der Waals surface area contributed by atoms with Gasteiger partial charge in [-0.15, -0.1) is 0 Å². The molecule has 0 amide bonds. The Morgan fingerprint density at radius 3 is 2.53 bits per heavy atom. The third kappa shape index (κ3) is 3.58. The van der Waals surface area contributed by atoms with Crippen LogP contribution in [0.1, 0.15) is 33.1 Å². The van der Waals surface area contributed by atoms with Crippen molar-refractivity contribution in [1.29, 1.82) is 0 Å². The third-order valence-electron chi connectivity index (χ3n) is 6.31. The first-order chi connectivity index (χ1) is 14.6. The van der Waals surface area contributed by atoms with E-state index in [0.29, 0.717) is 11.2 Å². The van der Waals surface area contributed by atoms with E-state index in [0.717, 1.165) is 54.2 Å². The van der Waals surface area contributed by atoms with Crippen LogP contribution in [-0.2, 0) is 0 Å². The molecule has 7 nitrogen and oxygen atoms in total. The monoisotopic (exact) mass is 404 g/mol. The minimum absolute atomic E-state index is 0.0549. The van der Waals surface area contributed by atoms with Crippen LogP contribution >= 0.6 is 0 Å². The van der Waals surface area contributed by atoms with Crippen molar-refractivity contribution < 1.29 is 4.74 Å².